The van der Waals surface area contributed by atoms with Crippen molar-refractivity contribution in [2.24, 2.45) is 0 Å². The summed E-state index contributed by atoms with van der Waals surface area (Å²) in [4.78, 5) is 74.7. The standard InChI is InChI=1S/C45H56N8O6/c54-41-27-40(50-42(55)30-52-18-16-35(17-19-52)53-20-22-59-23-21-53)43(56)47-29-34(24-31-10-4-1-5-11-31)48-44(57)38(25-32-12-6-2-7-13-32)51-45(58)39(49-41)26-33-28-46-37-15-9-3-8-14-36(33)37/h1-15,28,34-35,37-40,46H,16-27,29-30H2,(H,47,56)(H,48,57)(H,49,54)(H,50,55)(H,51,58)/t34-,37?,38+,39?,40?/m1/s1. The summed E-state index contributed by atoms with van der Waals surface area (Å²) in [5, 5.41) is 18.0. The average Bonchev–Trinajstić information content (AvgIpc) is 3.46. The Labute approximate surface area is 345 Å². The van der Waals surface area contributed by atoms with E-state index in [0.717, 1.165) is 74.5 Å². The second-order valence-corrected chi connectivity index (χ2v) is 15.9. The summed E-state index contributed by atoms with van der Waals surface area (Å²) < 4.78 is 5.52. The summed E-state index contributed by atoms with van der Waals surface area (Å²) in [6, 6.07) is 15.5. The minimum atomic E-state index is -1.23. The minimum Gasteiger partial charge on any atom is -0.380 e. The highest BCUT2D eigenvalue weighted by Crippen LogP contribution is 2.27. The number of carbonyl (C=O) groups is 5. The van der Waals surface area contributed by atoms with E-state index in [0.29, 0.717) is 12.5 Å². The number of fused-ring (bicyclic) bond motifs is 1. The van der Waals surface area contributed by atoms with Crippen molar-refractivity contribution in [3.8, 4) is 0 Å². The smallest absolute Gasteiger partial charge is 0.243 e. The van der Waals surface area contributed by atoms with Crippen LogP contribution in [0.3, 0.4) is 0 Å². The molecule has 4 heterocycles. The molecule has 0 bridgehead atoms. The van der Waals surface area contributed by atoms with Gasteiger partial charge in [-0.15, -0.1) is 0 Å². The number of nitrogens with zero attached hydrogens (tertiary/aromatic N) is 2. The number of likely N-dealkylation sites (tertiary alicyclic amines) is 1. The molecule has 3 fully saturated rings. The van der Waals surface area contributed by atoms with E-state index < -0.39 is 54.2 Å². The van der Waals surface area contributed by atoms with Crippen LogP contribution in [0.25, 0.3) is 0 Å². The van der Waals surface area contributed by atoms with Gasteiger partial charge in [0.25, 0.3) is 0 Å². The maximum Gasteiger partial charge on any atom is 0.243 e. The van der Waals surface area contributed by atoms with Crippen molar-refractivity contribution in [1.29, 1.82) is 0 Å². The number of amides is 5. The van der Waals surface area contributed by atoms with Crippen LogP contribution in [0.5, 0.6) is 0 Å². The van der Waals surface area contributed by atoms with E-state index >= 15 is 0 Å². The van der Waals surface area contributed by atoms with Gasteiger partial charge in [0.2, 0.25) is 29.5 Å². The summed E-state index contributed by atoms with van der Waals surface area (Å²) in [6.07, 6.45) is 13.8. The summed E-state index contributed by atoms with van der Waals surface area (Å²) >= 11 is 0. The van der Waals surface area contributed by atoms with Crippen LogP contribution in [0, 0.1) is 0 Å². The fourth-order valence-corrected chi connectivity index (χ4v) is 8.47. The van der Waals surface area contributed by atoms with E-state index in [-0.39, 0.29) is 37.9 Å². The molecule has 14 nitrogen and oxygen atoms in total. The maximum absolute atomic E-state index is 14.4. The number of hydrogen-bond acceptors (Lipinski definition) is 9. The Balaban J connectivity index is 1.11. The molecule has 0 spiro atoms. The lowest BCUT2D eigenvalue weighted by atomic mass is 9.95. The van der Waals surface area contributed by atoms with Gasteiger partial charge in [-0.3, -0.25) is 33.8 Å². The normalized spacial score (nSPS) is 26.4. The largest absolute Gasteiger partial charge is 0.380 e. The van der Waals surface area contributed by atoms with Gasteiger partial charge < -0.3 is 36.6 Å². The number of nitrogens with one attached hydrogen (secondary N) is 6. The molecule has 2 aromatic carbocycles. The topological polar surface area (TPSA) is 173 Å². The lowest BCUT2D eigenvalue weighted by Gasteiger charge is -2.39. The average molecular weight is 805 g/mol. The van der Waals surface area contributed by atoms with Crippen molar-refractivity contribution in [3.05, 3.63) is 120 Å². The minimum absolute atomic E-state index is 0.0253. The van der Waals surface area contributed by atoms with E-state index in [9.17, 15) is 24.0 Å². The number of allylic oxidation sites excluding steroid dienone is 4. The molecule has 5 amide bonds. The maximum atomic E-state index is 14.4. The van der Waals surface area contributed by atoms with Gasteiger partial charge in [0.15, 0.2) is 0 Å². The lowest BCUT2D eigenvalue weighted by molar-refractivity contribution is -0.135. The van der Waals surface area contributed by atoms with Crippen molar-refractivity contribution in [1.82, 2.24) is 41.7 Å². The Morgan fingerprint density at radius 3 is 2.15 bits per heavy atom. The highest BCUT2D eigenvalue weighted by atomic mass is 16.5. The third-order valence-electron chi connectivity index (χ3n) is 11.7. The molecule has 2 aromatic rings. The summed E-state index contributed by atoms with van der Waals surface area (Å²) in [7, 11) is 0. The van der Waals surface area contributed by atoms with Crippen LogP contribution in [0.1, 0.15) is 36.8 Å². The van der Waals surface area contributed by atoms with Crippen LogP contribution in [-0.2, 0) is 41.6 Å². The molecule has 3 unspecified atom stereocenters. The third kappa shape index (κ3) is 11.8. The highest BCUT2D eigenvalue weighted by Gasteiger charge is 2.34. The first-order valence-corrected chi connectivity index (χ1v) is 20.9. The van der Waals surface area contributed by atoms with E-state index in [1.165, 1.54) is 0 Å². The molecule has 59 heavy (non-hydrogen) atoms. The second-order valence-electron chi connectivity index (χ2n) is 15.9. The predicted octanol–water partition coefficient (Wildman–Crippen LogP) is 1.03. The Hall–Kier alpha value is -5.57. The zero-order valence-electron chi connectivity index (χ0n) is 33.4. The predicted molar refractivity (Wildman–Crippen MR) is 223 cm³/mol. The number of benzene rings is 2. The molecule has 7 rings (SSSR count). The van der Waals surface area contributed by atoms with Crippen LogP contribution in [0.2, 0.25) is 0 Å². The van der Waals surface area contributed by atoms with Gasteiger partial charge in [-0.1, -0.05) is 91.0 Å². The van der Waals surface area contributed by atoms with Gasteiger partial charge in [0, 0.05) is 57.8 Å². The Kier molecular flexibility index (Phi) is 14.4. The van der Waals surface area contributed by atoms with Gasteiger partial charge in [-0.25, -0.2) is 0 Å². The fourth-order valence-electron chi connectivity index (χ4n) is 8.47. The monoisotopic (exact) mass is 804 g/mol. The molecule has 0 aromatic heterocycles. The molecule has 14 heteroatoms. The SMILES string of the molecule is O=C(CN1CCC(N2CCOCC2)CC1)NC1CC(=O)NC(CC2=CNC3C=CC=CC=C23)C(=O)N[C@@H](Cc2ccccc2)C(=O)N[C@H](Cc2ccccc2)CNC1=O. The molecule has 0 radical (unpaired) electrons. The number of ether oxygens (including phenoxy) is 1. The molecule has 3 saturated heterocycles. The molecular formula is C45H56N8O6. The number of morpholine rings is 1. The molecule has 5 atom stereocenters. The van der Waals surface area contributed by atoms with Gasteiger partial charge in [0.1, 0.15) is 18.1 Å². The number of piperidine rings is 1. The summed E-state index contributed by atoms with van der Waals surface area (Å²) in [6.45, 7) is 4.90. The molecule has 4 aliphatic heterocycles. The van der Waals surface area contributed by atoms with Gasteiger partial charge >= 0.3 is 0 Å². The van der Waals surface area contributed by atoms with Crippen molar-refractivity contribution < 1.29 is 28.7 Å². The molecular weight excluding hydrogens is 749 g/mol. The Morgan fingerprint density at radius 1 is 0.746 bits per heavy atom. The molecule has 6 N–H and O–H groups in total. The molecule has 1 aliphatic carbocycles. The van der Waals surface area contributed by atoms with Crippen LogP contribution >= 0.6 is 0 Å². The van der Waals surface area contributed by atoms with E-state index in [1.807, 2.05) is 97.2 Å². The van der Waals surface area contributed by atoms with Crippen LogP contribution < -0.4 is 31.9 Å². The number of hydrogen-bond donors (Lipinski definition) is 6. The lowest BCUT2D eigenvalue weighted by Crippen LogP contribution is -2.59. The Morgan fingerprint density at radius 2 is 1.42 bits per heavy atom. The van der Waals surface area contributed by atoms with Crippen LogP contribution in [0.15, 0.2) is 108 Å². The fraction of sp³-hybridized carbons (Fsp3) is 0.444. The van der Waals surface area contributed by atoms with Crippen LogP contribution in [0.4, 0.5) is 0 Å². The van der Waals surface area contributed by atoms with Gasteiger partial charge in [0.05, 0.1) is 38.3 Å². The third-order valence-corrected chi connectivity index (χ3v) is 11.7. The Bertz CT molecular complexity index is 1920. The van der Waals surface area contributed by atoms with E-state index in [1.54, 1.807) is 0 Å². The zero-order chi connectivity index (χ0) is 41.0. The van der Waals surface area contributed by atoms with Crippen molar-refractivity contribution in [2.45, 2.75) is 74.8 Å². The van der Waals surface area contributed by atoms with Crippen molar-refractivity contribution in [2.75, 3.05) is 52.5 Å². The first kappa shape index (κ1) is 41.6. The first-order chi connectivity index (χ1) is 28.8. The first-order valence-electron chi connectivity index (χ1n) is 20.9. The summed E-state index contributed by atoms with van der Waals surface area (Å²) in [5.74, 6) is -2.48. The second kappa shape index (κ2) is 20.4. The van der Waals surface area contributed by atoms with E-state index in [4.69, 9.17) is 4.74 Å². The zero-order valence-corrected chi connectivity index (χ0v) is 33.4. The van der Waals surface area contributed by atoms with E-state index in [2.05, 4.69) is 41.7 Å². The molecule has 312 valence electrons. The molecule has 0 saturated carbocycles. The van der Waals surface area contributed by atoms with Gasteiger partial charge in [-0.2, -0.15) is 0 Å². The highest BCUT2D eigenvalue weighted by molar-refractivity contribution is 5.96. The number of carbonyl (C=O) groups excluding carboxylic acids is 5. The quantitative estimate of drug-likeness (QED) is 0.205. The van der Waals surface area contributed by atoms with Gasteiger partial charge in [-0.05, 0) is 41.5 Å². The number of rotatable bonds is 10. The van der Waals surface area contributed by atoms with Crippen molar-refractivity contribution >= 4 is 29.5 Å². The molecule has 5 aliphatic rings. The van der Waals surface area contributed by atoms with Crippen molar-refractivity contribution in [3.63, 3.8) is 0 Å². The summed E-state index contributed by atoms with van der Waals surface area (Å²) in [5.41, 5.74) is 3.56. The van der Waals surface area contributed by atoms with Crippen LogP contribution in [-0.4, -0.2) is 128 Å².